The van der Waals surface area contributed by atoms with Crippen molar-refractivity contribution < 1.29 is 14.3 Å². The van der Waals surface area contributed by atoms with Crippen molar-refractivity contribution >= 4 is 23.3 Å². The molecule has 0 aliphatic carbocycles. The summed E-state index contributed by atoms with van der Waals surface area (Å²) in [6.07, 6.45) is 1.36. The number of fused-ring (bicyclic) bond motifs is 2. The van der Waals surface area contributed by atoms with E-state index in [1.54, 1.807) is 12.1 Å². The van der Waals surface area contributed by atoms with E-state index in [4.69, 9.17) is 9.72 Å². The Kier molecular flexibility index (Phi) is 4.32. The van der Waals surface area contributed by atoms with Crippen LogP contribution in [0.5, 0.6) is 0 Å². The van der Waals surface area contributed by atoms with E-state index in [0.717, 1.165) is 22.3 Å². The molecule has 0 bridgehead atoms. The largest absolute Gasteiger partial charge is 0.448 e. The lowest BCUT2D eigenvalue weighted by atomic mass is 9.98. The molecule has 0 radical (unpaired) electrons. The number of aryl methyl sites for hydroxylation is 1. The number of hydrogen-bond acceptors (Lipinski definition) is 4. The van der Waals surface area contributed by atoms with Gasteiger partial charge < -0.3 is 10.1 Å². The smallest absolute Gasteiger partial charge is 0.339 e. The van der Waals surface area contributed by atoms with Gasteiger partial charge in [-0.3, -0.25) is 9.20 Å². The van der Waals surface area contributed by atoms with Crippen molar-refractivity contribution in [3.8, 4) is 11.3 Å². The highest BCUT2D eigenvalue weighted by Gasteiger charge is 2.32. The molecule has 5 rings (SSSR count). The first kappa shape index (κ1) is 18.1. The second-order valence-corrected chi connectivity index (χ2v) is 7.35. The zero-order valence-corrected chi connectivity index (χ0v) is 16.3. The molecule has 0 fully saturated rings. The normalized spacial score (nSPS) is 15.5. The second-order valence-electron chi connectivity index (χ2n) is 7.35. The first-order valence-corrected chi connectivity index (χ1v) is 9.74. The van der Waals surface area contributed by atoms with Crippen molar-refractivity contribution in [1.82, 2.24) is 9.38 Å². The molecule has 0 saturated heterocycles. The third-order valence-corrected chi connectivity index (χ3v) is 5.24. The van der Waals surface area contributed by atoms with E-state index in [1.165, 1.54) is 0 Å². The van der Waals surface area contributed by atoms with Gasteiger partial charge in [-0.05, 0) is 30.2 Å². The Morgan fingerprint density at radius 2 is 1.83 bits per heavy atom. The number of carbonyl (C=O) groups excluding carboxylic acids is 2. The van der Waals surface area contributed by atoms with Crippen LogP contribution >= 0.6 is 0 Å². The molecule has 2 aromatic carbocycles. The van der Waals surface area contributed by atoms with Gasteiger partial charge in [-0.15, -0.1) is 0 Å². The number of ether oxygens (including phenoxy) is 1. The van der Waals surface area contributed by atoms with E-state index in [0.29, 0.717) is 23.5 Å². The molecule has 3 heterocycles. The minimum absolute atomic E-state index is 0.337. The van der Waals surface area contributed by atoms with Gasteiger partial charge in [0, 0.05) is 18.2 Å². The molecule has 1 aliphatic heterocycles. The fourth-order valence-electron chi connectivity index (χ4n) is 3.74. The maximum absolute atomic E-state index is 13.1. The van der Waals surface area contributed by atoms with E-state index in [9.17, 15) is 9.59 Å². The molecule has 1 amide bonds. The van der Waals surface area contributed by atoms with Crippen LogP contribution < -0.4 is 5.32 Å². The highest BCUT2D eigenvalue weighted by atomic mass is 16.5. The van der Waals surface area contributed by atoms with Gasteiger partial charge in [0.25, 0.3) is 5.91 Å². The third-order valence-electron chi connectivity index (χ3n) is 5.24. The van der Waals surface area contributed by atoms with Crippen molar-refractivity contribution in [2.45, 2.75) is 19.4 Å². The van der Waals surface area contributed by atoms with Gasteiger partial charge in [-0.2, -0.15) is 0 Å². The van der Waals surface area contributed by atoms with Gasteiger partial charge >= 0.3 is 5.97 Å². The fraction of sp³-hybridized carbons (Fsp3) is 0.125. The number of esters is 1. The summed E-state index contributed by atoms with van der Waals surface area (Å²) in [6, 6.07) is 20.8. The van der Waals surface area contributed by atoms with Crippen LogP contribution in [0.15, 0.2) is 72.9 Å². The van der Waals surface area contributed by atoms with Crippen molar-refractivity contribution in [1.29, 1.82) is 0 Å². The fourth-order valence-corrected chi connectivity index (χ4v) is 3.74. The lowest BCUT2D eigenvalue weighted by Crippen LogP contribution is -2.38. The number of nitrogens with zero attached hydrogens (tertiary/aromatic N) is 2. The lowest BCUT2D eigenvalue weighted by Gasteiger charge is -2.23. The number of hydrogen-bond donors (Lipinski definition) is 1. The van der Waals surface area contributed by atoms with E-state index in [-0.39, 0.29) is 5.91 Å². The van der Waals surface area contributed by atoms with Crippen molar-refractivity contribution in [2.75, 3.05) is 5.32 Å². The molecule has 0 saturated carbocycles. The number of nitrogens with one attached hydrogen (secondary N) is 1. The summed E-state index contributed by atoms with van der Waals surface area (Å²) < 4.78 is 7.28. The van der Waals surface area contributed by atoms with Crippen LogP contribution in [0.3, 0.4) is 0 Å². The Labute approximate surface area is 173 Å². The molecular formula is C24H19N3O3. The zero-order chi connectivity index (χ0) is 20.7. The summed E-state index contributed by atoms with van der Waals surface area (Å²) in [5.41, 5.74) is 4.63. The summed E-state index contributed by atoms with van der Waals surface area (Å²) in [6.45, 7) is 1.98. The summed E-state index contributed by atoms with van der Waals surface area (Å²) in [5, 5.41) is 2.96. The monoisotopic (exact) mass is 397 g/mol. The minimum Gasteiger partial charge on any atom is -0.448 e. The average Bonchev–Trinajstić information content (AvgIpc) is 3.12. The number of benzene rings is 2. The standard InChI is InChI=1S/C24H19N3O3/c1-15-11-12-20-25-21(16-7-3-2-4-8-16)22(27(20)14-15)26-23(28)19-13-17-9-5-6-10-18(17)24(29)30-19/h2-12,14,19H,13H2,1H3,(H,26,28). The van der Waals surface area contributed by atoms with Crippen molar-refractivity contribution in [2.24, 2.45) is 0 Å². The van der Waals surface area contributed by atoms with Crippen molar-refractivity contribution in [3.05, 3.63) is 89.6 Å². The molecule has 2 aromatic heterocycles. The quantitative estimate of drug-likeness (QED) is 0.530. The molecule has 6 nitrogen and oxygen atoms in total. The van der Waals surface area contributed by atoms with E-state index in [1.807, 2.05) is 72.1 Å². The van der Waals surface area contributed by atoms with Crippen LogP contribution in [0.25, 0.3) is 16.9 Å². The molecule has 148 valence electrons. The van der Waals surface area contributed by atoms with E-state index < -0.39 is 12.1 Å². The summed E-state index contributed by atoms with van der Waals surface area (Å²) in [4.78, 5) is 30.1. The lowest BCUT2D eigenvalue weighted by molar-refractivity contribution is -0.125. The Hall–Kier alpha value is -3.93. The molecule has 1 N–H and O–H groups in total. The molecule has 6 heteroatoms. The van der Waals surface area contributed by atoms with Crippen LogP contribution in [-0.4, -0.2) is 27.4 Å². The van der Waals surface area contributed by atoms with E-state index in [2.05, 4.69) is 5.32 Å². The first-order valence-electron chi connectivity index (χ1n) is 9.74. The van der Waals surface area contributed by atoms with Gasteiger partial charge in [0.2, 0.25) is 0 Å². The minimum atomic E-state index is -0.897. The number of pyridine rings is 1. The predicted octanol–water partition coefficient (Wildman–Crippen LogP) is 4.03. The number of carbonyl (C=O) groups is 2. The van der Waals surface area contributed by atoms with Crippen LogP contribution in [0, 0.1) is 6.92 Å². The number of aromatic nitrogens is 2. The van der Waals surface area contributed by atoms with Gasteiger partial charge in [-0.25, -0.2) is 9.78 Å². The number of amides is 1. The molecular weight excluding hydrogens is 378 g/mol. The molecule has 4 aromatic rings. The summed E-state index contributed by atoms with van der Waals surface area (Å²) in [5.74, 6) is -0.299. The Morgan fingerprint density at radius 3 is 2.67 bits per heavy atom. The highest BCUT2D eigenvalue weighted by molar-refractivity contribution is 6.01. The molecule has 1 aliphatic rings. The SMILES string of the molecule is Cc1ccc2nc(-c3ccccc3)c(NC(=O)C3Cc4ccccc4C(=O)O3)n2c1. The first-order chi connectivity index (χ1) is 14.6. The number of cyclic esters (lactones) is 1. The zero-order valence-electron chi connectivity index (χ0n) is 16.3. The maximum atomic E-state index is 13.1. The van der Waals surface area contributed by atoms with Gasteiger partial charge in [0.05, 0.1) is 5.56 Å². The van der Waals surface area contributed by atoms with Crippen LogP contribution in [0.4, 0.5) is 5.82 Å². The Bertz CT molecular complexity index is 1280. The van der Waals surface area contributed by atoms with Gasteiger partial charge in [-0.1, -0.05) is 54.6 Å². The van der Waals surface area contributed by atoms with E-state index >= 15 is 0 Å². The topological polar surface area (TPSA) is 72.7 Å². The molecule has 0 spiro atoms. The van der Waals surface area contributed by atoms with Gasteiger partial charge in [0.15, 0.2) is 6.10 Å². The molecule has 1 unspecified atom stereocenters. The van der Waals surface area contributed by atoms with Crippen LogP contribution in [-0.2, 0) is 16.0 Å². The summed E-state index contributed by atoms with van der Waals surface area (Å²) >= 11 is 0. The average molecular weight is 397 g/mol. The Balaban J connectivity index is 1.53. The van der Waals surface area contributed by atoms with Crippen LogP contribution in [0.1, 0.15) is 21.5 Å². The Morgan fingerprint density at radius 1 is 1.07 bits per heavy atom. The molecule has 1 atom stereocenters. The third kappa shape index (κ3) is 3.12. The predicted molar refractivity (Wildman–Crippen MR) is 113 cm³/mol. The summed E-state index contributed by atoms with van der Waals surface area (Å²) in [7, 11) is 0. The number of imidazole rings is 1. The molecule has 30 heavy (non-hydrogen) atoms. The van der Waals surface area contributed by atoms with Crippen molar-refractivity contribution in [3.63, 3.8) is 0 Å². The highest BCUT2D eigenvalue weighted by Crippen LogP contribution is 2.30. The second kappa shape index (κ2) is 7.15. The van der Waals surface area contributed by atoms with Crippen LogP contribution in [0.2, 0.25) is 0 Å². The number of anilines is 1. The van der Waals surface area contributed by atoms with Gasteiger partial charge in [0.1, 0.15) is 17.2 Å². The number of rotatable bonds is 3. The maximum Gasteiger partial charge on any atom is 0.339 e.